The van der Waals surface area contributed by atoms with Crippen LogP contribution in [0.2, 0.25) is 10.0 Å². The van der Waals surface area contributed by atoms with Crippen molar-refractivity contribution in [2.45, 2.75) is 6.42 Å². The van der Waals surface area contributed by atoms with Gasteiger partial charge in [-0.3, -0.25) is 10.1 Å². The number of rotatable bonds is 8. The van der Waals surface area contributed by atoms with E-state index < -0.39 is 5.91 Å². The molecule has 0 aliphatic carbocycles. The molecule has 0 spiro atoms. The molecule has 1 amide bonds. The minimum Gasteiger partial charge on any atom is -0.497 e. The van der Waals surface area contributed by atoms with Crippen molar-refractivity contribution in [2.24, 2.45) is 0 Å². The average Bonchev–Trinajstić information content (AvgIpc) is 3.58. The highest BCUT2D eigenvalue weighted by atomic mass is 35.5. The Labute approximate surface area is 244 Å². The van der Waals surface area contributed by atoms with Crippen LogP contribution in [0.25, 0.3) is 23.0 Å². The number of amides is 1. The lowest BCUT2D eigenvalue weighted by Crippen LogP contribution is -2.13. The number of methoxy groups -OCH3 is 1. The van der Waals surface area contributed by atoms with Crippen LogP contribution in [0.5, 0.6) is 5.75 Å². The molecule has 198 valence electrons. The summed E-state index contributed by atoms with van der Waals surface area (Å²) in [5.41, 5.74) is 3.72. The van der Waals surface area contributed by atoms with Crippen molar-refractivity contribution in [3.05, 3.63) is 117 Å². The molecule has 0 fully saturated rings. The number of carbonyl (C=O) groups is 1. The molecule has 5 rings (SSSR count). The maximum absolute atomic E-state index is 13.1. The molecule has 2 heterocycles. The topological polar surface area (TPSA) is 92.8 Å². The number of ether oxygens (including phenoxy) is 1. The summed E-state index contributed by atoms with van der Waals surface area (Å²) in [4.78, 5) is 18.3. The van der Waals surface area contributed by atoms with Gasteiger partial charge in [0.1, 0.15) is 17.4 Å². The first-order valence-electron chi connectivity index (χ1n) is 12.0. The number of aromatic nitrogens is 3. The average molecular weight is 587 g/mol. The summed E-state index contributed by atoms with van der Waals surface area (Å²) < 4.78 is 6.99. The lowest BCUT2D eigenvalue weighted by atomic mass is 10.1. The van der Waals surface area contributed by atoms with Gasteiger partial charge in [0.15, 0.2) is 5.13 Å². The zero-order chi connectivity index (χ0) is 28.1. The van der Waals surface area contributed by atoms with Crippen molar-refractivity contribution < 1.29 is 9.53 Å². The van der Waals surface area contributed by atoms with Gasteiger partial charge in [-0.05, 0) is 66.2 Å². The number of anilines is 1. The second-order valence-corrected chi connectivity index (χ2v) is 10.6. The maximum atomic E-state index is 13.1. The van der Waals surface area contributed by atoms with Gasteiger partial charge in [-0.15, -0.1) is 11.3 Å². The summed E-state index contributed by atoms with van der Waals surface area (Å²) in [6.45, 7) is 0. The Morgan fingerprint density at radius 1 is 1.10 bits per heavy atom. The SMILES string of the molecule is COc1ccc(-c2nn(-c3ccccc3)cc2/C=C(\C#N)C(=O)Nc2ncc(Cc3cc(Cl)cc(Cl)c3)s2)cc1. The number of benzene rings is 3. The molecule has 0 atom stereocenters. The molecular weight excluding hydrogens is 565 g/mol. The van der Waals surface area contributed by atoms with Crippen LogP contribution in [0.15, 0.2) is 90.8 Å². The Bertz CT molecular complexity index is 1720. The fourth-order valence-corrected chi connectivity index (χ4v) is 5.42. The predicted octanol–water partition coefficient (Wildman–Crippen LogP) is 7.45. The molecule has 0 saturated carbocycles. The number of thiazole rings is 1. The van der Waals surface area contributed by atoms with Crippen molar-refractivity contribution in [3.8, 4) is 28.8 Å². The van der Waals surface area contributed by atoms with Crippen LogP contribution < -0.4 is 10.1 Å². The molecule has 10 heteroatoms. The van der Waals surface area contributed by atoms with Gasteiger partial charge in [0.25, 0.3) is 5.91 Å². The predicted molar refractivity (Wildman–Crippen MR) is 159 cm³/mol. The van der Waals surface area contributed by atoms with E-state index in [0.717, 1.165) is 21.7 Å². The van der Waals surface area contributed by atoms with E-state index in [1.807, 2.05) is 72.8 Å². The molecule has 0 bridgehead atoms. The third kappa shape index (κ3) is 6.41. The molecule has 7 nitrogen and oxygen atoms in total. The number of carbonyl (C=O) groups excluding carboxylic acids is 1. The van der Waals surface area contributed by atoms with Gasteiger partial charge in [0.2, 0.25) is 0 Å². The highest BCUT2D eigenvalue weighted by Gasteiger charge is 2.17. The van der Waals surface area contributed by atoms with Crippen LogP contribution in [0.1, 0.15) is 16.0 Å². The molecule has 0 radical (unpaired) electrons. The van der Waals surface area contributed by atoms with E-state index in [0.29, 0.717) is 38.6 Å². The summed E-state index contributed by atoms with van der Waals surface area (Å²) in [5, 5.41) is 18.8. The number of para-hydroxylation sites is 1. The largest absolute Gasteiger partial charge is 0.497 e. The normalized spacial score (nSPS) is 11.2. The van der Waals surface area contributed by atoms with Crippen LogP contribution in [-0.2, 0) is 11.2 Å². The smallest absolute Gasteiger partial charge is 0.268 e. The maximum Gasteiger partial charge on any atom is 0.268 e. The van der Waals surface area contributed by atoms with E-state index >= 15 is 0 Å². The highest BCUT2D eigenvalue weighted by Crippen LogP contribution is 2.29. The quantitative estimate of drug-likeness (QED) is 0.151. The first-order chi connectivity index (χ1) is 19.4. The molecule has 0 aliphatic heterocycles. The van der Waals surface area contributed by atoms with Crippen LogP contribution >= 0.6 is 34.5 Å². The molecule has 3 aromatic carbocycles. The Hall–Kier alpha value is -4.42. The molecule has 2 aromatic heterocycles. The number of halogens is 2. The van der Waals surface area contributed by atoms with Gasteiger partial charge in [-0.25, -0.2) is 9.67 Å². The summed E-state index contributed by atoms with van der Waals surface area (Å²) in [6.07, 6.45) is 5.55. The Morgan fingerprint density at radius 3 is 2.50 bits per heavy atom. The second-order valence-electron chi connectivity index (χ2n) is 8.65. The zero-order valence-corrected chi connectivity index (χ0v) is 23.5. The monoisotopic (exact) mass is 585 g/mol. The number of hydrogen-bond donors (Lipinski definition) is 1. The molecule has 40 heavy (non-hydrogen) atoms. The second kappa shape index (κ2) is 12.2. The van der Waals surface area contributed by atoms with Crippen molar-refractivity contribution in [1.29, 1.82) is 5.26 Å². The lowest BCUT2D eigenvalue weighted by molar-refractivity contribution is -0.112. The minimum absolute atomic E-state index is 0.0826. The summed E-state index contributed by atoms with van der Waals surface area (Å²) >= 11 is 13.5. The molecule has 0 unspecified atom stereocenters. The van der Waals surface area contributed by atoms with Crippen LogP contribution in [0.3, 0.4) is 0 Å². The number of nitrogens with zero attached hydrogens (tertiary/aromatic N) is 4. The number of nitriles is 1. The Kier molecular flexibility index (Phi) is 8.27. The van der Waals surface area contributed by atoms with E-state index in [1.54, 1.807) is 30.3 Å². The van der Waals surface area contributed by atoms with Crippen LogP contribution in [0.4, 0.5) is 5.13 Å². The minimum atomic E-state index is -0.567. The highest BCUT2D eigenvalue weighted by molar-refractivity contribution is 7.15. The fourth-order valence-electron chi connectivity index (χ4n) is 4.01. The van der Waals surface area contributed by atoms with E-state index in [9.17, 15) is 10.1 Å². The number of hydrogen-bond acceptors (Lipinski definition) is 6. The molecule has 5 aromatic rings. The van der Waals surface area contributed by atoms with E-state index in [-0.39, 0.29) is 5.57 Å². The van der Waals surface area contributed by atoms with Gasteiger partial charge < -0.3 is 4.74 Å². The van der Waals surface area contributed by atoms with E-state index in [2.05, 4.69) is 10.3 Å². The molecular formula is C30H21Cl2N5O2S. The van der Waals surface area contributed by atoms with Crippen molar-refractivity contribution in [1.82, 2.24) is 14.8 Å². The van der Waals surface area contributed by atoms with Crippen molar-refractivity contribution in [3.63, 3.8) is 0 Å². The molecule has 1 N–H and O–H groups in total. The molecule has 0 aliphatic rings. The third-order valence-corrected chi connectivity index (χ3v) is 7.22. The van der Waals surface area contributed by atoms with Gasteiger partial charge in [0, 0.05) is 44.9 Å². The number of nitrogens with one attached hydrogen (secondary N) is 1. The van der Waals surface area contributed by atoms with Crippen LogP contribution in [-0.4, -0.2) is 27.8 Å². The summed E-state index contributed by atoms with van der Waals surface area (Å²) in [5.74, 6) is 0.143. The third-order valence-electron chi connectivity index (χ3n) is 5.87. The molecule has 0 saturated heterocycles. The van der Waals surface area contributed by atoms with Gasteiger partial charge in [-0.2, -0.15) is 10.4 Å². The van der Waals surface area contributed by atoms with Crippen LogP contribution in [0, 0.1) is 11.3 Å². The van der Waals surface area contributed by atoms with Crippen molar-refractivity contribution >= 4 is 51.7 Å². The van der Waals surface area contributed by atoms with Gasteiger partial charge in [-0.1, -0.05) is 41.4 Å². The van der Waals surface area contributed by atoms with Crippen molar-refractivity contribution in [2.75, 3.05) is 12.4 Å². The Morgan fingerprint density at radius 2 is 1.82 bits per heavy atom. The van der Waals surface area contributed by atoms with Gasteiger partial charge in [0.05, 0.1) is 18.5 Å². The zero-order valence-electron chi connectivity index (χ0n) is 21.1. The summed E-state index contributed by atoms with van der Waals surface area (Å²) in [7, 11) is 1.60. The standard InChI is InChI=1S/C30H21Cl2N5O2S/c1-39-26-9-7-20(8-10-26)28-22(18-37(36-28)25-5-3-2-4-6-25)14-21(16-33)29(38)35-30-34-17-27(40-30)13-19-11-23(31)15-24(32)12-19/h2-12,14-15,17-18H,13H2,1H3,(H,34,35,38)/b21-14+. The van der Waals surface area contributed by atoms with Gasteiger partial charge >= 0.3 is 0 Å². The Balaban J connectivity index is 1.41. The lowest BCUT2D eigenvalue weighted by Gasteiger charge is -2.03. The summed E-state index contributed by atoms with van der Waals surface area (Å²) in [6, 6.07) is 24.4. The first kappa shape index (κ1) is 27.2. The fraction of sp³-hybridized carbons (Fsp3) is 0.0667. The van der Waals surface area contributed by atoms with E-state index in [1.165, 1.54) is 17.4 Å². The van der Waals surface area contributed by atoms with E-state index in [4.69, 9.17) is 33.0 Å². The first-order valence-corrected chi connectivity index (χ1v) is 13.6.